The number of nitrogens with two attached hydrogens (primary N) is 1. The van der Waals surface area contributed by atoms with Gasteiger partial charge in [-0.2, -0.15) is 0 Å². The summed E-state index contributed by atoms with van der Waals surface area (Å²) >= 11 is 12.3. The number of hydrogen-bond acceptors (Lipinski definition) is 4. The Morgan fingerprint density at radius 2 is 1.86 bits per heavy atom. The average molecular weight is 338 g/mol. The van der Waals surface area contributed by atoms with E-state index in [1.807, 2.05) is 12.1 Å². The lowest BCUT2D eigenvalue weighted by Crippen LogP contribution is -2.18. The Labute approximate surface area is 137 Å². The van der Waals surface area contributed by atoms with E-state index in [4.69, 9.17) is 33.8 Å². The van der Waals surface area contributed by atoms with Crippen molar-refractivity contribution in [2.24, 2.45) is 5.84 Å². The second-order valence-electron chi connectivity index (χ2n) is 4.88. The molecule has 2 aromatic rings. The molecule has 1 heterocycles. The molecule has 0 saturated heterocycles. The zero-order valence-corrected chi connectivity index (χ0v) is 13.0. The van der Waals surface area contributed by atoms with Crippen molar-refractivity contribution in [3.8, 4) is 11.5 Å². The molecule has 1 aliphatic rings. The molecule has 114 valence electrons. The Morgan fingerprint density at radius 3 is 2.55 bits per heavy atom. The van der Waals surface area contributed by atoms with Crippen molar-refractivity contribution >= 4 is 40.5 Å². The number of ether oxygens (including phenoxy) is 1. The van der Waals surface area contributed by atoms with Crippen molar-refractivity contribution in [3.63, 3.8) is 0 Å². The number of carbonyl (C=O) groups excluding carboxylic acids is 1. The van der Waals surface area contributed by atoms with Crippen LogP contribution in [0.25, 0.3) is 0 Å². The van der Waals surface area contributed by atoms with Gasteiger partial charge in [-0.15, -0.1) is 0 Å². The zero-order chi connectivity index (χ0) is 15.7. The molecule has 4 N–H and O–H groups in total. The number of halogens is 2. The number of benzene rings is 2. The molecule has 0 unspecified atom stereocenters. The standard InChI is InChI=1S/C15H13Cl2N3O2/c16-11-5-9(20-18)6-12(17)15(11)22-10-3-1-8-2-4-14(21)19-13(8)7-10/h1,3,5-7,20H,2,4,18H2,(H,19,21). The van der Waals surface area contributed by atoms with Crippen molar-refractivity contribution < 1.29 is 9.53 Å². The first-order valence-electron chi connectivity index (χ1n) is 6.63. The number of aryl methyl sites for hydroxylation is 1. The van der Waals surface area contributed by atoms with Crippen LogP contribution in [0, 0.1) is 0 Å². The molecule has 3 rings (SSSR count). The van der Waals surface area contributed by atoms with Crippen LogP contribution in [0.4, 0.5) is 11.4 Å². The monoisotopic (exact) mass is 337 g/mol. The quantitative estimate of drug-likeness (QED) is 0.585. The van der Waals surface area contributed by atoms with Crippen molar-refractivity contribution in [3.05, 3.63) is 45.9 Å². The summed E-state index contributed by atoms with van der Waals surface area (Å²) in [5.74, 6) is 6.21. The van der Waals surface area contributed by atoms with Crippen LogP contribution >= 0.6 is 23.2 Å². The van der Waals surface area contributed by atoms with Gasteiger partial charge < -0.3 is 15.5 Å². The summed E-state index contributed by atoms with van der Waals surface area (Å²) in [4.78, 5) is 11.5. The van der Waals surface area contributed by atoms with E-state index < -0.39 is 0 Å². The summed E-state index contributed by atoms with van der Waals surface area (Å²) in [6, 6.07) is 8.72. The molecule has 1 amide bonds. The van der Waals surface area contributed by atoms with Crippen LogP contribution in [-0.4, -0.2) is 5.91 Å². The fourth-order valence-electron chi connectivity index (χ4n) is 2.27. The Morgan fingerprint density at radius 1 is 1.14 bits per heavy atom. The van der Waals surface area contributed by atoms with E-state index in [0.29, 0.717) is 33.7 Å². The first-order chi connectivity index (χ1) is 10.6. The van der Waals surface area contributed by atoms with Crippen LogP contribution in [0.15, 0.2) is 30.3 Å². The summed E-state index contributed by atoms with van der Waals surface area (Å²) < 4.78 is 5.76. The number of rotatable bonds is 3. The minimum atomic E-state index is -0.000845. The van der Waals surface area contributed by atoms with Gasteiger partial charge in [-0.25, -0.2) is 0 Å². The molecular formula is C15H13Cl2N3O2. The van der Waals surface area contributed by atoms with Gasteiger partial charge in [-0.05, 0) is 30.2 Å². The Hall–Kier alpha value is -1.95. The zero-order valence-electron chi connectivity index (χ0n) is 11.5. The smallest absolute Gasteiger partial charge is 0.224 e. The number of carbonyl (C=O) groups is 1. The molecular weight excluding hydrogens is 325 g/mol. The lowest BCUT2D eigenvalue weighted by atomic mass is 10.0. The van der Waals surface area contributed by atoms with Gasteiger partial charge >= 0.3 is 0 Å². The van der Waals surface area contributed by atoms with Gasteiger partial charge in [-0.1, -0.05) is 29.3 Å². The number of nitrogen functional groups attached to an aromatic ring is 1. The van der Waals surface area contributed by atoms with E-state index in [0.717, 1.165) is 17.7 Å². The minimum Gasteiger partial charge on any atom is -0.454 e. The first kappa shape index (κ1) is 15.0. The molecule has 1 aliphatic heterocycles. The van der Waals surface area contributed by atoms with Crippen LogP contribution in [0.5, 0.6) is 11.5 Å². The van der Waals surface area contributed by atoms with Crippen molar-refractivity contribution in [2.75, 3.05) is 10.7 Å². The largest absolute Gasteiger partial charge is 0.454 e. The Kier molecular flexibility index (Phi) is 4.11. The van der Waals surface area contributed by atoms with Gasteiger partial charge in [0, 0.05) is 18.2 Å². The molecule has 0 radical (unpaired) electrons. The molecule has 0 spiro atoms. The number of nitrogens with one attached hydrogen (secondary N) is 2. The summed E-state index contributed by atoms with van der Waals surface area (Å²) in [5, 5.41) is 3.49. The maximum absolute atomic E-state index is 11.5. The van der Waals surface area contributed by atoms with Crippen molar-refractivity contribution in [1.29, 1.82) is 0 Å². The van der Waals surface area contributed by atoms with Crippen LogP contribution in [-0.2, 0) is 11.2 Å². The molecule has 22 heavy (non-hydrogen) atoms. The number of anilines is 2. The van der Waals surface area contributed by atoms with Crippen LogP contribution in [0.2, 0.25) is 10.0 Å². The van der Waals surface area contributed by atoms with E-state index in [1.165, 1.54) is 0 Å². The summed E-state index contributed by atoms with van der Waals surface area (Å²) in [6.45, 7) is 0. The molecule has 0 aliphatic carbocycles. The predicted molar refractivity (Wildman–Crippen MR) is 87.7 cm³/mol. The number of hydrogen-bond donors (Lipinski definition) is 3. The van der Waals surface area contributed by atoms with E-state index >= 15 is 0 Å². The number of fused-ring (bicyclic) bond motifs is 1. The normalized spacial score (nSPS) is 13.3. The van der Waals surface area contributed by atoms with E-state index in [9.17, 15) is 4.79 Å². The van der Waals surface area contributed by atoms with Gasteiger partial charge in [0.15, 0.2) is 5.75 Å². The van der Waals surface area contributed by atoms with Crippen molar-refractivity contribution in [1.82, 2.24) is 0 Å². The topological polar surface area (TPSA) is 76.4 Å². The molecule has 0 fully saturated rings. The van der Waals surface area contributed by atoms with Gasteiger partial charge in [0.25, 0.3) is 0 Å². The third kappa shape index (κ3) is 2.97. The molecule has 0 bridgehead atoms. The molecule has 7 heteroatoms. The molecule has 0 saturated carbocycles. The first-order valence-corrected chi connectivity index (χ1v) is 7.38. The molecule has 0 atom stereocenters. The van der Waals surface area contributed by atoms with Crippen LogP contribution in [0.3, 0.4) is 0 Å². The fraction of sp³-hybridized carbons (Fsp3) is 0.133. The third-order valence-electron chi connectivity index (χ3n) is 3.36. The van der Waals surface area contributed by atoms with Crippen LogP contribution in [0.1, 0.15) is 12.0 Å². The van der Waals surface area contributed by atoms with Gasteiger partial charge in [0.2, 0.25) is 5.91 Å². The van der Waals surface area contributed by atoms with Crippen LogP contribution < -0.4 is 21.3 Å². The second-order valence-corrected chi connectivity index (χ2v) is 5.70. The summed E-state index contributed by atoms with van der Waals surface area (Å²) in [6.07, 6.45) is 1.22. The maximum Gasteiger partial charge on any atom is 0.224 e. The van der Waals surface area contributed by atoms with Gasteiger partial charge in [-0.3, -0.25) is 10.6 Å². The fourth-order valence-corrected chi connectivity index (χ4v) is 2.84. The number of hydrazine groups is 1. The summed E-state index contributed by atoms with van der Waals surface area (Å²) in [7, 11) is 0. The van der Waals surface area contributed by atoms with Crippen molar-refractivity contribution in [2.45, 2.75) is 12.8 Å². The molecule has 2 aromatic carbocycles. The third-order valence-corrected chi connectivity index (χ3v) is 3.92. The van der Waals surface area contributed by atoms with E-state index in [-0.39, 0.29) is 5.91 Å². The average Bonchev–Trinajstić information content (AvgIpc) is 2.50. The highest BCUT2D eigenvalue weighted by molar-refractivity contribution is 6.37. The Balaban J connectivity index is 1.91. The predicted octanol–water partition coefficient (Wildman–Crippen LogP) is 3.96. The Bertz CT molecular complexity index is 727. The lowest BCUT2D eigenvalue weighted by molar-refractivity contribution is -0.116. The van der Waals surface area contributed by atoms with Gasteiger partial charge in [0.1, 0.15) is 5.75 Å². The van der Waals surface area contributed by atoms with E-state index in [1.54, 1.807) is 18.2 Å². The highest BCUT2D eigenvalue weighted by atomic mass is 35.5. The van der Waals surface area contributed by atoms with Gasteiger partial charge in [0.05, 0.1) is 15.7 Å². The minimum absolute atomic E-state index is 0.000845. The maximum atomic E-state index is 11.5. The second kappa shape index (κ2) is 6.04. The highest BCUT2D eigenvalue weighted by Crippen LogP contribution is 2.39. The SMILES string of the molecule is NNc1cc(Cl)c(Oc2ccc3c(c2)NC(=O)CC3)c(Cl)c1. The summed E-state index contributed by atoms with van der Waals surface area (Å²) in [5.41, 5.74) is 4.88. The number of amides is 1. The lowest BCUT2D eigenvalue weighted by Gasteiger charge is -2.18. The van der Waals surface area contributed by atoms with E-state index in [2.05, 4.69) is 10.7 Å². The molecule has 0 aromatic heterocycles. The highest BCUT2D eigenvalue weighted by Gasteiger charge is 2.16. The molecule has 5 nitrogen and oxygen atoms in total.